The van der Waals surface area contributed by atoms with E-state index in [1.807, 2.05) is 0 Å². The van der Waals surface area contributed by atoms with Crippen molar-refractivity contribution in [2.75, 3.05) is 5.75 Å². The van der Waals surface area contributed by atoms with E-state index >= 15 is 0 Å². The number of nitrogens with one attached hydrogen (secondary N) is 1. The van der Waals surface area contributed by atoms with Crippen molar-refractivity contribution in [3.05, 3.63) is 16.0 Å². The molecular formula is C16H23N3O3S. The zero-order valence-electron chi connectivity index (χ0n) is 14.0. The number of aryl methyl sites for hydroxylation is 1. The average Bonchev–Trinajstić information content (AvgIpc) is 2.82. The van der Waals surface area contributed by atoms with Crippen molar-refractivity contribution in [1.29, 1.82) is 0 Å². The molecule has 2 bridgehead atoms. The lowest BCUT2D eigenvalue weighted by Gasteiger charge is -2.38. The van der Waals surface area contributed by atoms with Crippen LogP contribution < -0.4 is 5.56 Å². The summed E-state index contributed by atoms with van der Waals surface area (Å²) in [5.74, 6) is 0.510. The number of esters is 1. The number of H-pyrrole nitrogens is 1. The van der Waals surface area contributed by atoms with E-state index in [9.17, 15) is 9.59 Å². The molecule has 0 aliphatic heterocycles. The summed E-state index contributed by atoms with van der Waals surface area (Å²) in [4.78, 5) is 26.2. The molecule has 6 nitrogen and oxygen atoms in total. The van der Waals surface area contributed by atoms with Crippen molar-refractivity contribution < 1.29 is 9.53 Å². The molecule has 3 atom stereocenters. The first kappa shape index (κ1) is 16.5. The largest absolute Gasteiger partial charge is 0.461 e. The number of aromatic amines is 1. The van der Waals surface area contributed by atoms with Crippen LogP contribution in [0.25, 0.3) is 0 Å². The first-order chi connectivity index (χ1) is 10.7. The first-order valence-corrected chi connectivity index (χ1v) is 8.98. The molecule has 0 aromatic carbocycles. The number of carbonyl (C=O) groups is 1. The van der Waals surface area contributed by atoms with Crippen molar-refractivity contribution >= 4 is 17.7 Å². The molecule has 0 saturated heterocycles. The molecule has 1 aromatic heterocycles. The Morgan fingerprint density at radius 1 is 1.39 bits per heavy atom. The molecule has 1 N–H and O–H groups in total. The van der Waals surface area contributed by atoms with Crippen LogP contribution in [0.5, 0.6) is 0 Å². The van der Waals surface area contributed by atoms with Crippen LogP contribution in [0.3, 0.4) is 0 Å². The molecule has 0 radical (unpaired) electrons. The van der Waals surface area contributed by atoms with E-state index in [1.54, 1.807) is 6.92 Å². The van der Waals surface area contributed by atoms with Crippen molar-refractivity contribution in [3.8, 4) is 0 Å². The second-order valence-electron chi connectivity index (χ2n) is 7.42. The Bertz CT molecular complexity index is 687. The molecule has 2 fully saturated rings. The fourth-order valence-corrected chi connectivity index (χ4v) is 4.66. The summed E-state index contributed by atoms with van der Waals surface area (Å²) in [7, 11) is 0. The third-order valence-electron chi connectivity index (χ3n) is 6.15. The van der Waals surface area contributed by atoms with Gasteiger partial charge in [0.15, 0.2) is 5.16 Å². The van der Waals surface area contributed by atoms with Crippen LogP contribution in [0.1, 0.15) is 45.7 Å². The van der Waals surface area contributed by atoms with E-state index in [-0.39, 0.29) is 34.2 Å². The Hall–Kier alpha value is -1.37. The number of aromatic nitrogens is 3. The predicted molar refractivity (Wildman–Crippen MR) is 87.2 cm³/mol. The number of thioether (sulfide) groups is 1. The third kappa shape index (κ3) is 2.69. The molecule has 126 valence electrons. The zero-order valence-corrected chi connectivity index (χ0v) is 14.8. The molecular weight excluding hydrogens is 314 g/mol. The van der Waals surface area contributed by atoms with Gasteiger partial charge in [0, 0.05) is 5.41 Å². The Kier molecular flexibility index (Phi) is 4.02. The maximum Gasteiger partial charge on any atom is 0.316 e. The van der Waals surface area contributed by atoms with Gasteiger partial charge in [-0.25, -0.2) is 0 Å². The van der Waals surface area contributed by atoms with Gasteiger partial charge in [-0.1, -0.05) is 32.5 Å². The first-order valence-electron chi connectivity index (χ1n) is 8.00. The van der Waals surface area contributed by atoms with Crippen molar-refractivity contribution in [2.24, 2.45) is 16.7 Å². The molecule has 0 unspecified atom stereocenters. The van der Waals surface area contributed by atoms with E-state index in [2.05, 4.69) is 36.0 Å². The van der Waals surface area contributed by atoms with Crippen LogP contribution in [0.15, 0.2) is 9.95 Å². The Labute approximate surface area is 139 Å². The average molecular weight is 337 g/mol. The second-order valence-corrected chi connectivity index (χ2v) is 8.39. The van der Waals surface area contributed by atoms with Crippen LogP contribution in [-0.2, 0) is 9.53 Å². The van der Waals surface area contributed by atoms with E-state index in [4.69, 9.17) is 4.74 Å². The number of nitrogens with zero attached hydrogens (tertiary/aromatic N) is 2. The normalized spacial score (nSPS) is 31.3. The van der Waals surface area contributed by atoms with E-state index in [0.29, 0.717) is 16.8 Å². The quantitative estimate of drug-likeness (QED) is 0.670. The fourth-order valence-electron chi connectivity index (χ4n) is 4.07. The topological polar surface area (TPSA) is 84.9 Å². The summed E-state index contributed by atoms with van der Waals surface area (Å²) in [6.45, 7) is 8.42. The summed E-state index contributed by atoms with van der Waals surface area (Å²) in [6, 6.07) is 0. The van der Waals surface area contributed by atoms with E-state index in [0.717, 1.165) is 24.6 Å². The summed E-state index contributed by atoms with van der Waals surface area (Å²) >= 11 is 1.15. The van der Waals surface area contributed by atoms with Gasteiger partial charge in [0.25, 0.3) is 5.56 Å². The number of carbonyl (C=O) groups excluding carboxylic acids is 1. The van der Waals surface area contributed by atoms with Crippen LogP contribution >= 0.6 is 11.8 Å². The summed E-state index contributed by atoms with van der Waals surface area (Å²) in [5, 5.41) is 7.97. The maximum absolute atomic E-state index is 12.2. The molecule has 7 heteroatoms. The highest BCUT2D eigenvalue weighted by Crippen LogP contribution is 2.66. The Morgan fingerprint density at radius 2 is 2.13 bits per heavy atom. The van der Waals surface area contributed by atoms with Crippen molar-refractivity contribution in [3.63, 3.8) is 0 Å². The summed E-state index contributed by atoms with van der Waals surface area (Å²) < 4.78 is 5.76. The van der Waals surface area contributed by atoms with Crippen LogP contribution in [0, 0.1) is 23.7 Å². The maximum atomic E-state index is 12.2. The molecule has 0 spiro atoms. The highest BCUT2D eigenvalue weighted by atomic mass is 32.2. The fraction of sp³-hybridized carbons (Fsp3) is 0.750. The summed E-state index contributed by atoms with van der Waals surface area (Å²) in [6.07, 6.45) is 3.30. The smallest absolute Gasteiger partial charge is 0.316 e. The van der Waals surface area contributed by atoms with Gasteiger partial charge in [-0.3, -0.25) is 14.6 Å². The molecule has 3 rings (SSSR count). The van der Waals surface area contributed by atoms with Gasteiger partial charge in [-0.15, -0.1) is 10.2 Å². The van der Waals surface area contributed by atoms with E-state index < -0.39 is 0 Å². The lowest BCUT2D eigenvalue weighted by Crippen LogP contribution is -2.38. The van der Waals surface area contributed by atoms with Gasteiger partial charge < -0.3 is 4.74 Å². The van der Waals surface area contributed by atoms with Gasteiger partial charge in [-0.2, -0.15) is 0 Å². The third-order valence-corrected chi connectivity index (χ3v) is 6.99. The molecule has 0 amide bonds. The van der Waals surface area contributed by atoms with Crippen LogP contribution in [0.4, 0.5) is 0 Å². The van der Waals surface area contributed by atoms with Crippen LogP contribution in [0.2, 0.25) is 0 Å². The lowest BCUT2D eigenvalue weighted by atomic mass is 9.70. The number of fused-ring (bicyclic) bond motifs is 2. The monoisotopic (exact) mass is 337 g/mol. The standard InChI is InChI=1S/C16H23N3O3S/c1-9-13(21)17-14(19-18-9)23-8-12(20)22-11-7-10-5-6-16(11,4)15(10,2)3/h10-11H,5-8H2,1-4H3,(H,17,19,21)/t10-,11-,16+/m0/s1. The predicted octanol–water partition coefficient (Wildman–Crippen LogP) is 2.32. The number of ether oxygens (including phenoxy) is 1. The van der Waals surface area contributed by atoms with Gasteiger partial charge in [0.1, 0.15) is 11.8 Å². The molecule has 2 saturated carbocycles. The highest BCUT2D eigenvalue weighted by Gasteiger charge is 2.62. The zero-order chi connectivity index (χ0) is 16.8. The number of hydrogen-bond donors (Lipinski definition) is 1. The highest BCUT2D eigenvalue weighted by molar-refractivity contribution is 7.99. The second kappa shape index (κ2) is 5.61. The van der Waals surface area contributed by atoms with Gasteiger partial charge >= 0.3 is 5.97 Å². The molecule has 1 heterocycles. The molecule has 2 aliphatic rings. The molecule has 1 aromatic rings. The minimum atomic E-state index is -0.279. The van der Waals surface area contributed by atoms with Crippen LogP contribution in [-0.4, -0.2) is 33.0 Å². The SMILES string of the molecule is Cc1nnc(SCC(=O)O[C@H]2C[C@@H]3CC[C@@]2(C)C3(C)C)[nH]c1=O. The summed E-state index contributed by atoms with van der Waals surface area (Å²) in [5.41, 5.74) is 0.321. The Balaban J connectivity index is 1.58. The number of rotatable bonds is 4. The van der Waals surface area contributed by atoms with Gasteiger partial charge in [0.2, 0.25) is 0 Å². The van der Waals surface area contributed by atoms with Crippen molar-refractivity contribution in [1.82, 2.24) is 15.2 Å². The minimum absolute atomic E-state index is 0.00694. The number of hydrogen-bond acceptors (Lipinski definition) is 6. The molecule has 23 heavy (non-hydrogen) atoms. The van der Waals surface area contributed by atoms with Crippen molar-refractivity contribution in [2.45, 2.75) is 58.2 Å². The minimum Gasteiger partial charge on any atom is -0.461 e. The van der Waals surface area contributed by atoms with Gasteiger partial charge in [-0.05, 0) is 37.5 Å². The Morgan fingerprint density at radius 3 is 2.70 bits per heavy atom. The molecule has 2 aliphatic carbocycles. The van der Waals surface area contributed by atoms with Gasteiger partial charge in [0.05, 0.1) is 5.75 Å². The van der Waals surface area contributed by atoms with E-state index in [1.165, 1.54) is 6.42 Å². The lowest BCUT2D eigenvalue weighted by molar-refractivity contribution is -0.153.